The Balaban J connectivity index is 1.75. The summed E-state index contributed by atoms with van der Waals surface area (Å²) in [4.78, 5) is 25.8. The molecule has 0 saturated carbocycles. The van der Waals surface area contributed by atoms with E-state index >= 15 is 0 Å². The molecule has 2 aliphatic heterocycles. The maximum absolute atomic E-state index is 12.6. The van der Waals surface area contributed by atoms with Gasteiger partial charge in [0.2, 0.25) is 5.91 Å². The molecule has 5 nitrogen and oxygen atoms in total. The Hall–Kier alpha value is -1.88. The van der Waals surface area contributed by atoms with E-state index in [-0.39, 0.29) is 17.9 Å². The third kappa shape index (κ3) is 2.78. The average Bonchev–Trinajstić information content (AvgIpc) is 2.96. The number of nitrogens with one attached hydrogen (secondary N) is 1. The minimum Gasteiger partial charge on any atom is -0.338 e. The molecule has 0 spiro atoms. The highest BCUT2D eigenvalue weighted by atomic mass is 16.2. The van der Waals surface area contributed by atoms with Gasteiger partial charge >= 0.3 is 0 Å². The van der Waals surface area contributed by atoms with E-state index in [9.17, 15) is 9.59 Å². The van der Waals surface area contributed by atoms with Crippen LogP contribution in [0.15, 0.2) is 18.2 Å². The lowest BCUT2D eigenvalue weighted by Gasteiger charge is -2.21. The van der Waals surface area contributed by atoms with Crippen molar-refractivity contribution in [2.24, 2.45) is 11.7 Å². The second kappa shape index (κ2) is 5.48. The van der Waals surface area contributed by atoms with Crippen molar-refractivity contribution in [3.63, 3.8) is 0 Å². The van der Waals surface area contributed by atoms with Crippen LogP contribution in [-0.2, 0) is 11.2 Å². The summed E-state index contributed by atoms with van der Waals surface area (Å²) in [5, 5.41) is 2.84. The summed E-state index contributed by atoms with van der Waals surface area (Å²) in [7, 11) is 0. The Morgan fingerprint density at radius 2 is 2.24 bits per heavy atom. The molecule has 0 bridgehead atoms. The van der Waals surface area contributed by atoms with E-state index in [1.54, 1.807) is 6.07 Å². The lowest BCUT2D eigenvalue weighted by Crippen LogP contribution is -2.33. The van der Waals surface area contributed by atoms with E-state index in [4.69, 9.17) is 5.73 Å². The van der Waals surface area contributed by atoms with Crippen molar-refractivity contribution in [2.45, 2.75) is 32.2 Å². The molecule has 2 heterocycles. The zero-order valence-corrected chi connectivity index (χ0v) is 12.3. The number of amides is 2. The molecule has 3 N–H and O–H groups in total. The van der Waals surface area contributed by atoms with Crippen molar-refractivity contribution in [3.05, 3.63) is 29.3 Å². The van der Waals surface area contributed by atoms with Crippen LogP contribution in [0.3, 0.4) is 0 Å². The molecule has 1 fully saturated rings. The zero-order valence-electron chi connectivity index (χ0n) is 12.3. The van der Waals surface area contributed by atoms with E-state index in [1.807, 2.05) is 24.0 Å². The van der Waals surface area contributed by atoms with Gasteiger partial charge in [-0.2, -0.15) is 0 Å². The number of carbonyl (C=O) groups is 2. The van der Waals surface area contributed by atoms with Crippen LogP contribution in [0.2, 0.25) is 0 Å². The van der Waals surface area contributed by atoms with Crippen LogP contribution in [0.25, 0.3) is 0 Å². The summed E-state index contributed by atoms with van der Waals surface area (Å²) in [6.07, 6.45) is 2.16. The number of rotatable bonds is 2. The Bertz CT molecular complexity index is 583. The van der Waals surface area contributed by atoms with Gasteiger partial charge in [-0.05, 0) is 49.4 Å². The number of aryl methyl sites for hydroxylation is 1. The summed E-state index contributed by atoms with van der Waals surface area (Å²) < 4.78 is 0. The SMILES string of the molecule is CC(N)C1CCN(C(=O)c2ccc3c(c2)CCC(=O)N3)C1. The number of nitrogens with two attached hydrogens (primary N) is 1. The van der Waals surface area contributed by atoms with Gasteiger partial charge in [-0.3, -0.25) is 9.59 Å². The first-order valence-electron chi connectivity index (χ1n) is 7.52. The quantitative estimate of drug-likeness (QED) is 0.863. The maximum atomic E-state index is 12.6. The van der Waals surface area contributed by atoms with Crippen LogP contribution in [0, 0.1) is 5.92 Å². The lowest BCUT2D eigenvalue weighted by molar-refractivity contribution is -0.116. The molecule has 1 saturated heterocycles. The van der Waals surface area contributed by atoms with Crippen LogP contribution < -0.4 is 11.1 Å². The summed E-state index contributed by atoms with van der Waals surface area (Å²) in [6, 6.07) is 5.67. The summed E-state index contributed by atoms with van der Waals surface area (Å²) in [5.41, 5.74) is 8.50. The van der Waals surface area contributed by atoms with Crippen LogP contribution in [0.1, 0.15) is 35.7 Å². The minimum atomic E-state index is 0.0425. The van der Waals surface area contributed by atoms with E-state index < -0.39 is 0 Å². The van der Waals surface area contributed by atoms with Crippen LogP contribution in [0.5, 0.6) is 0 Å². The molecule has 0 aliphatic carbocycles. The van der Waals surface area contributed by atoms with Gasteiger partial charge in [-0.15, -0.1) is 0 Å². The molecule has 0 aromatic heterocycles. The van der Waals surface area contributed by atoms with E-state index in [2.05, 4.69) is 5.32 Å². The first-order valence-corrected chi connectivity index (χ1v) is 7.52. The van der Waals surface area contributed by atoms with E-state index in [1.165, 1.54) is 0 Å². The Morgan fingerprint density at radius 3 is 2.95 bits per heavy atom. The van der Waals surface area contributed by atoms with E-state index in [0.29, 0.717) is 24.3 Å². The van der Waals surface area contributed by atoms with Crippen molar-refractivity contribution in [1.29, 1.82) is 0 Å². The number of anilines is 1. The molecule has 2 amide bonds. The molecule has 1 aromatic carbocycles. The largest absolute Gasteiger partial charge is 0.338 e. The molecule has 3 rings (SSSR count). The van der Waals surface area contributed by atoms with Gasteiger partial charge in [0.05, 0.1) is 0 Å². The molecule has 5 heteroatoms. The van der Waals surface area contributed by atoms with Crippen LogP contribution >= 0.6 is 0 Å². The molecule has 2 aliphatic rings. The van der Waals surface area contributed by atoms with Crippen molar-refractivity contribution < 1.29 is 9.59 Å². The Kier molecular flexibility index (Phi) is 3.68. The summed E-state index contributed by atoms with van der Waals surface area (Å²) >= 11 is 0. The molecule has 0 radical (unpaired) electrons. The fourth-order valence-electron chi connectivity index (χ4n) is 3.10. The Labute approximate surface area is 124 Å². The minimum absolute atomic E-state index is 0.0425. The predicted molar refractivity (Wildman–Crippen MR) is 81.1 cm³/mol. The van der Waals surface area contributed by atoms with Gasteiger partial charge in [0.1, 0.15) is 0 Å². The highest BCUT2D eigenvalue weighted by Crippen LogP contribution is 2.26. The third-order valence-electron chi connectivity index (χ3n) is 4.50. The second-order valence-corrected chi connectivity index (χ2v) is 6.08. The highest BCUT2D eigenvalue weighted by Gasteiger charge is 2.29. The predicted octanol–water partition coefficient (Wildman–Crippen LogP) is 1.38. The lowest BCUT2D eigenvalue weighted by atomic mass is 10.00. The van der Waals surface area contributed by atoms with Crippen LogP contribution in [0.4, 0.5) is 5.69 Å². The van der Waals surface area contributed by atoms with Gasteiger partial charge in [0.15, 0.2) is 0 Å². The topological polar surface area (TPSA) is 75.4 Å². The number of likely N-dealkylation sites (tertiary alicyclic amines) is 1. The monoisotopic (exact) mass is 287 g/mol. The van der Waals surface area contributed by atoms with Crippen molar-refractivity contribution in [2.75, 3.05) is 18.4 Å². The molecular formula is C16H21N3O2. The molecular weight excluding hydrogens is 266 g/mol. The smallest absolute Gasteiger partial charge is 0.253 e. The maximum Gasteiger partial charge on any atom is 0.253 e. The number of hydrogen-bond donors (Lipinski definition) is 2. The Morgan fingerprint density at radius 1 is 1.43 bits per heavy atom. The standard InChI is InChI=1S/C16H21N3O2/c1-10(17)13-6-7-19(9-13)16(21)12-2-4-14-11(8-12)3-5-15(20)18-14/h2,4,8,10,13H,3,5-7,9,17H2,1H3,(H,18,20). The summed E-state index contributed by atoms with van der Waals surface area (Å²) in [6.45, 7) is 3.52. The van der Waals surface area contributed by atoms with Gasteiger partial charge in [-0.25, -0.2) is 0 Å². The van der Waals surface area contributed by atoms with Crippen molar-refractivity contribution in [3.8, 4) is 0 Å². The fraction of sp³-hybridized carbons (Fsp3) is 0.500. The van der Waals surface area contributed by atoms with E-state index in [0.717, 1.165) is 30.8 Å². The number of carbonyl (C=O) groups excluding carboxylic acids is 2. The number of fused-ring (bicyclic) bond motifs is 1. The first kappa shape index (κ1) is 14.1. The van der Waals surface area contributed by atoms with Crippen LogP contribution in [-0.4, -0.2) is 35.8 Å². The average molecular weight is 287 g/mol. The second-order valence-electron chi connectivity index (χ2n) is 6.08. The number of benzene rings is 1. The molecule has 112 valence electrons. The highest BCUT2D eigenvalue weighted by molar-refractivity contribution is 5.98. The zero-order chi connectivity index (χ0) is 15.0. The molecule has 2 unspecified atom stereocenters. The van der Waals surface area contributed by atoms with Gasteiger partial charge in [0.25, 0.3) is 5.91 Å². The molecule has 1 aromatic rings. The third-order valence-corrected chi connectivity index (χ3v) is 4.50. The van der Waals surface area contributed by atoms with Crippen molar-refractivity contribution in [1.82, 2.24) is 4.90 Å². The summed E-state index contributed by atoms with van der Waals surface area (Å²) in [5.74, 6) is 0.504. The molecule has 2 atom stereocenters. The van der Waals surface area contributed by atoms with Gasteiger partial charge < -0.3 is 16.0 Å². The number of hydrogen-bond acceptors (Lipinski definition) is 3. The normalized spacial score (nSPS) is 22.7. The number of nitrogens with zero attached hydrogens (tertiary/aromatic N) is 1. The molecule has 21 heavy (non-hydrogen) atoms. The van der Waals surface area contributed by atoms with Gasteiger partial charge in [0, 0.05) is 36.8 Å². The first-order chi connectivity index (χ1) is 10.0. The van der Waals surface area contributed by atoms with Crippen molar-refractivity contribution >= 4 is 17.5 Å². The van der Waals surface area contributed by atoms with Gasteiger partial charge in [-0.1, -0.05) is 0 Å². The fourth-order valence-corrected chi connectivity index (χ4v) is 3.10.